The van der Waals surface area contributed by atoms with E-state index in [-0.39, 0.29) is 21.8 Å². The maximum absolute atomic E-state index is 13.5. The van der Waals surface area contributed by atoms with E-state index in [0.717, 1.165) is 12.1 Å². The topological polar surface area (TPSA) is 28.7 Å². The number of aromatic amines is 1. The fraction of sp³-hybridized carbons (Fsp3) is 0.100. The quantitative estimate of drug-likeness (QED) is 0.797. The molecule has 0 radical (unpaired) electrons. The lowest BCUT2D eigenvalue weighted by Crippen LogP contribution is -1.91. The molecule has 15 heavy (non-hydrogen) atoms. The number of aryl methyl sites for hydroxylation is 1. The second kappa shape index (κ2) is 3.62. The first-order valence-electron chi connectivity index (χ1n) is 4.24. The van der Waals surface area contributed by atoms with E-state index in [4.69, 9.17) is 11.6 Å². The molecule has 5 heteroatoms. The van der Waals surface area contributed by atoms with Gasteiger partial charge < -0.3 is 0 Å². The van der Waals surface area contributed by atoms with Gasteiger partial charge in [-0.25, -0.2) is 8.78 Å². The summed E-state index contributed by atoms with van der Waals surface area (Å²) >= 11 is 5.76. The van der Waals surface area contributed by atoms with Crippen LogP contribution in [0.4, 0.5) is 8.78 Å². The molecule has 1 aromatic carbocycles. The molecule has 0 amide bonds. The summed E-state index contributed by atoms with van der Waals surface area (Å²) in [6, 6.07) is 2.23. The molecule has 2 rings (SSSR count). The third kappa shape index (κ3) is 1.72. The van der Waals surface area contributed by atoms with Gasteiger partial charge in [0.2, 0.25) is 0 Å². The molecule has 0 spiro atoms. The zero-order chi connectivity index (χ0) is 11.0. The Morgan fingerprint density at radius 1 is 1.27 bits per heavy atom. The fourth-order valence-electron chi connectivity index (χ4n) is 1.30. The Hall–Kier alpha value is -1.42. The Balaban J connectivity index is 2.64. The molecule has 0 aliphatic carbocycles. The second-order valence-corrected chi connectivity index (χ2v) is 3.58. The van der Waals surface area contributed by atoms with Crippen molar-refractivity contribution in [3.63, 3.8) is 0 Å². The highest BCUT2D eigenvalue weighted by Crippen LogP contribution is 2.28. The molecule has 1 N–H and O–H groups in total. The highest BCUT2D eigenvalue weighted by molar-refractivity contribution is 6.32. The maximum Gasteiger partial charge on any atom is 0.133 e. The number of H-pyrrole nitrogens is 1. The SMILES string of the molecule is Cc1cc(F)c(-c2[nH]ncc2Cl)cc1F. The van der Waals surface area contributed by atoms with Crippen molar-refractivity contribution >= 4 is 11.6 Å². The molecule has 1 aromatic heterocycles. The predicted molar refractivity (Wildman–Crippen MR) is 53.7 cm³/mol. The van der Waals surface area contributed by atoms with Gasteiger partial charge in [-0.1, -0.05) is 11.6 Å². The Kier molecular flexibility index (Phi) is 2.44. The minimum Gasteiger partial charge on any atom is -0.276 e. The number of hydrogen-bond acceptors (Lipinski definition) is 1. The van der Waals surface area contributed by atoms with Gasteiger partial charge in [-0.15, -0.1) is 0 Å². The van der Waals surface area contributed by atoms with Crippen LogP contribution in [0.5, 0.6) is 0 Å². The van der Waals surface area contributed by atoms with Crippen LogP contribution in [0.15, 0.2) is 18.3 Å². The van der Waals surface area contributed by atoms with E-state index in [2.05, 4.69) is 10.2 Å². The van der Waals surface area contributed by atoms with Crippen LogP contribution in [-0.4, -0.2) is 10.2 Å². The van der Waals surface area contributed by atoms with Crippen molar-refractivity contribution in [3.8, 4) is 11.3 Å². The summed E-state index contributed by atoms with van der Waals surface area (Å²) < 4.78 is 26.7. The summed E-state index contributed by atoms with van der Waals surface area (Å²) in [4.78, 5) is 0. The smallest absolute Gasteiger partial charge is 0.133 e. The summed E-state index contributed by atoms with van der Waals surface area (Å²) in [5, 5.41) is 6.43. The summed E-state index contributed by atoms with van der Waals surface area (Å²) in [7, 11) is 0. The zero-order valence-electron chi connectivity index (χ0n) is 7.81. The third-order valence-corrected chi connectivity index (χ3v) is 2.40. The van der Waals surface area contributed by atoms with Crippen LogP contribution in [-0.2, 0) is 0 Å². The van der Waals surface area contributed by atoms with E-state index >= 15 is 0 Å². The molecule has 0 fully saturated rings. The van der Waals surface area contributed by atoms with Crippen LogP contribution in [0.2, 0.25) is 5.02 Å². The van der Waals surface area contributed by atoms with Crippen LogP contribution >= 0.6 is 11.6 Å². The van der Waals surface area contributed by atoms with Gasteiger partial charge in [-0.2, -0.15) is 5.10 Å². The Bertz CT molecular complexity index is 508. The predicted octanol–water partition coefficient (Wildman–Crippen LogP) is 3.32. The van der Waals surface area contributed by atoms with Gasteiger partial charge in [0.25, 0.3) is 0 Å². The number of rotatable bonds is 1. The third-order valence-electron chi connectivity index (χ3n) is 2.11. The van der Waals surface area contributed by atoms with Gasteiger partial charge >= 0.3 is 0 Å². The van der Waals surface area contributed by atoms with E-state index in [0.29, 0.717) is 0 Å². The van der Waals surface area contributed by atoms with Crippen molar-refractivity contribution in [2.75, 3.05) is 0 Å². The zero-order valence-corrected chi connectivity index (χ0v) is 8.57. The lowest BCUT2D eigenvalue weighted by atomic mass is 10.1. The van der Waals surface area contributed by atoms with E-state index in [1.54, 1.807) is 0 Å². The van der Waals surface area contributed by atoms with Crippen LogP contribution in [0.3, 0.4) is 0 Å². The lowest BCUT2D eigenvalue weighted by Gasteiger charge is -2.03. The lowest BCUT2D eigenvalue weighted by molar-refractivity contribution is 0.594. The Labute approximate surface area is 89.9 Å². The van der Waals surface area contributed by atoms with Crippen LogP contribution in [0, 0.1) is 18.6 Å². The first-order valence-corrected chi connectivity index (χ1v) is 4.62. The average Bonchev–Trinajstić information content (AvgIpc) is 2.58. The molecule has 0 saturated heterocycles. The highest BCUT2D eigenvalue weighted by atomic mass is 35.5. The monoisotopic (exact) mass is 228 g/mol. The number of nitrogens with zero attached hydrogens (tertiary/aromatic N) is 1. The molecular weight excluding hydrogens is 222 g/mol. The second-order valence-electron chi connectivity index (χ2n) is 3.17. The Morgan fingerprint density at radius 3 is 2.60 bits per heavy atom. The summed E-state index contributed by atoms with van der Waals surface area (Å²) in [6.45, 7) is 1.50. The molecular formula is C10H7ClF2N2. The van der Waals surface area contributed by atoms with Gasteiger partial charge in [0.1, 0.15) is 11.6 Å². The molecule has 0 unspecified atom stereocenters. The van der Waals surface area contributed by atoms with E-state index in [1.165, 1.54) is 13.1 Å². The number of hydrogen-bond donors (Lipinski definition) is 1. The minimum absolute atomic E-state index is 0.0839. The summed E-state index contributed by atoms with van der Waals surface area (Å²) in [6.07, 6.45) is 1.34. The Morgan fingerprint density at radius 2 is 2.00 bits per heavy atom. The van der Waals surface area contributed by atoms with Crippen molar-refractivity contribution in [1.82, 2.24) is 10.2 Å². The first-order chi connectivity index (χ1) is 7.09. The standard InChI is InChI=1S/C10H7ClF2N2/c1-5-2-9(13)6(3-8(5)12)10-7(11)4-14-15-10/h2-4H,1H3,(H,14,15). The van der Waals surface area contributed by atoms with E-state index < -0.39 is 11.6 Å². The number of aromatic nitrogens is 2. The van der Waals surface area contributed by atoms with E-state index in [1.807, 2.05) is 0 Å². The molecule has 78 valence electrons. The van der Waals surface area contributed by atoms with Crippen LogP contribution < -0.4 is 0 Å². The van der Waals surface area contributed by atoms with Gasteiger partial charge in [-0.05, 0) is 24.6 Å². The number of halogens is 3. The van der Waals surface area contributed by atoms with Gasteiger partial charge in [0.15, 0.2) is 0 Å². The summed E-state index contributed by atoms with van der Waals surface area (Å²) in [5.41, 5.74) is 0.626. The first kappa shape index (κ1) is 10.1. The van der Waals surface area contributed by atoms with Crippen LogP contribution in [0.1, 0.15) is 5.56 Å². The van der Waals surface area contributed by atoms with Crippen molar-refractivity contribution in [2.45, 2.75) is 6.92 Å². The molecule has 0 aliphatic rings. The molecule has 0 saturated carbocycles. The highest BCUT2D eigenvalue weighted by Gasteiger charge is 2.13. The van der Waals surface area contributed by atoms with Crippen molar-refractivity contribution in [2.24, 2.45) is 0 Å². The fourth-order valence-corrected chi connectivity index (χ4v) is 1.49. The molecule has 0 atom stereocenters. The minimum atomic E-state index is -0.528. The van der Waals surface area contributed by atoms with Gasteiger partial charge in [-0.3, -0.25) is 5.10 Å². The maximum atomic E-state index is 13.5. The molecule has 2 nitrogen and oxygen atoms in total. The number of nitrogens with one attached hydrogen (secondary N) is 1. The molecule has 0 aliphatic heterocycles. The molecule has 2 aromatic rings. The van der Waals surface area contributed by atoms with Crippen LogP contribution in [0.25, 0.3) is 11.3 Å². The van der Waals surface area contributed by atoms with Gasteiger partial charge in [0, 0.05) is 5.56 Å². The largest absolute Gasteiger partial charge is 0.276 e. The normalized spacial score (nSPS) is 10.7. The van der Waals surface area contributed by atoms with Crippen molar-refractivity contribution in [1.29, 1.82) is 0 Å². The van der Waals surface area contributed by atoms with Crippen molar-refractivity contribution < 1.29 is 8.78 Å². The average molecular weight is 229 g/mol. The van der Waals surface area contributed by atoms with Crippen molar-refractivity contribution in [3.05, 3.63) is 40.6 Å². The molecule has 0 bridgehead atoms. The number of benzene rings is 1. The molecule has 1 heterocycles. The van der Waals surface area contributed by atoms with Gasteiger partial charge in [0.05, 0.1) is 16.9 Å². The van der Waals surface area contributed by atoms with E-state index in [9.17, 15) is 8.78 Å². The summed E-state index contributed by atoms with van der Waals surface area (Å²) in [5.74, 6) is -1.00.